The van der Waals surface area contributed by atoms with Gasteiger partial charge in [-0.05, 0) is 18.2 Å². The van der Waals surface area contributed by atoms with Gasteiger partial charge >= 0.3 is 0 Å². The Labute approximate surface area is 97.0 Å². The summed E-state index contributed by atoms with van der Waals surface area (Å²) in [7, 11) is -3.36. The van der Waals surface area contributed by atoms with E-state index in [1.807, 2.05) is 0 Å². The lowest BCUT2D eigenvalue weighted by molar-refractivity contribution is 0.112. The average molecular weight is 251 g/mol. The normalized spacial score (nSPS) is 11.6. The molecule has 0 aliphatic carbocycles. The van der Waals surface area contributed by atoms with Crippen LogP contribution in [0.2, 0.25) is 0 Å². The van der Waals surface area contributed by atoms with Crippen molar-refractivity contribution < 1.29 is 13.2 Å². The molecule has 0 aliphatic heterocycles. The summed E-state index contributed by atoms with van der Waals surface area (Å²) < 4.78 is 22.8. The zero-order valence-electron chi connectivity index (χ0n) is 8.93. The Bertz CT molecular complexity index is 759. The topological polar surface area (TPSA) is 84.1 Å². The minimum Gasteiger partial charge on any atom is -0.328 e. The van der Waals surface area contributed by atoms with E-state index in [0.29, 0.717) is 17.1 Å². The lowest BCUT2D eigenvalue weighted by Gasteiger charge is -2.03. The van der Waals surface area contributed by atoms with Crippen LogP contribution >= 0.6 is 0 Å². The van der Waals surface area contributed by atoms with Gasteiger partial charge in [-0.2, -0.15) is 0 Å². The fourth-order valence-corrected chi connectivity index (χ4v) is 2.23. The molecule has 17 heavy (non-hydrogen) atoms. The molecule has 0 unspecified atom stereocenters. The van der Waals surface area contributed by atoms with Gasteiger partial charge in [0.1, 0.15) is 0 Å². The van der Waals surface area contributed by atoms with E-state index < -0.39 is 9.84 Å². The van der Waals surface area contributed by atoms with E-state index in [0.717, 1.165) is 6.26 Å². The Hall–Kier alpha value is -1.95. The number of hydrogen-bond acceptors (Lipinski definition) is 4. The Morgan fingerprint density at radius 2 is 1.94 bits per heavy atom. The van der Waals surface area contributed by atoms with Crippen LogP contribution in [0.25, 0.3) is 10.8 Å². The summed E-state index contributed by atoms with van der Waals surface area (Å²) in [4.78, 5) is 24.8. The number of hydrogen-bond donors (Lipinski definition) is 1. The lowest BCUT2D eigenvalue weighted by Crippen LogP contribution is -2.08. The van der Waals surface area contributed by atoms with Crippen LogP contribution in [0.5, 0.6) is 0 Å². The van der Waals surface area contributed by atoms with Crippen LogP contribution in [0.1, 0.15) is 10.4 Å². The fourth-order valence-electron chi connectivity index (χ4n) is 1.59. The van der Waals surface area contributed by atoms with Crippen molar-refractivity contribution in [1.82, 2.24) is 4.98 Å². The number of fused-ring (bicyclic) bond motifs is 1. The lowest BCUT2D eigenvalue weighted by atomic mass is 10.1. The molecular weight excluding hydrogens is 242 g/mol. The largest absolute Gasteiger partial charge is 0.328 e. The number of aromatic nitrogens is 1. The molecule has 0 spiro atoms. The quantitative estimate of drug-likeness (QED) is 0.798. The Balaban J connectivity index is 2.94. The van der Waals surface area contributed by atoms with Gasteiger partial charge in [-0.25, -0.2) is 8.42 Å². The molecule has 2 aromatic rings. The third-order valence-corrected chi connectivity index (χ3v) is 3.57. The Morgan fingerprint density at radius 1 is 1.24 bits per heavy atom. The van der Waals surface area contributed by atoms with Crippen molar-refractivity contribution >= 4 is 26.9 Å². The Morgan fingerprint density at radius 3 is 2.53 bits per heavy atom. The number of H-pyrrole nitrogens is 1. The van der Waals surface area contributed by atoms with Gasteiger partial charge in [0.05, 0.1) is 4.90 Å². The second kappa shape index (κ2) is 3.81. The van der Waals surface area contributed by atoms with Crippen molar-refractivity contribution in [2.24, 2.45) is 0 Å². The molecule has 0 radical (unpaired) electrons. The highest BCUT2D eigenvalue weighted by Crippen LogP contribution is 2.18. The molecule has 0 fully saturated rings. The third-order valence-electron chi connectivity index (χ3n) is 2.46. The number of carbonyl (C=O) groups is 1. The van der Waals surface area contributed by atoms with Crippen LogP contribution in [-0.2, 0) is 9.84 Å². The van der Waals surface area contributed by atoms with Crippen molar-refractivity contribution in [3.05, 3.63) is 40.3 Å². The van der Waals surface area contributed by atoms with E-state index in [4.69, 9.17) is 0 Å². The van der Waals surface area contributed by atoms with Crippen LogP contribution in [0, 0.1) is 0 Å². The van der Waals surface area contributed by atoms with Gasteiger partial charge < -0.3 is 4.98 Å². The van der Waals surface area contributed by atoms with Gasteiger partial charge in [-0.15, -0.1) is 0 Å². The van der Waals surface area contributed by atoms with E-state index in [-0.39, 0.29) is 16.0 Å². The standard InChI is InChI=1S/C11H9NO4S/c1-17(15,16)8-2-3-9-10(4-8)7(6-13)5-12-11(9)14/h2-6H,1H3,(H,12,14). The molecule has 0 aliphatic rings. The zero-order valence-corrected chi connectivity index (χ0v) is 9.74. The van der Waals surface area contributed by atoms with Gasteiger partial charge in [0.25, 0.3) is 5.56 Å². The number of carbonyl (C=O) groups excluding carboxylic acids is 1. The van der Waals surface area contributed by atoms with Crippen LogP contribution in [-0.4, -0.2) is 25.9 Å². The maximum atomic E-state index is 11.5. The molecule has 0 bridgehead atoms. The number of nitrogens with one attached hydrogen (secondary N) is 1. The molecule has 6 heteroatoms. The zero-order chi connectivity index (χ0) is 12.6. The minimum atomic E-state index is -3.36. The van der Waals surface area contributed by atoms with E-state index in [2.05, 4.69) is 4.98 Å². The summed E-state index contributed by atoms with van der Waals surface area (Å²) in [6.07, 6.45) is 2.91. The van der Waals surface area contributed by atoms with Crippen molar-refractivity contribution in [3.63, 3.8) is 0 Å². The summed E-state index contributed by atoms with van der Waals surface area (Å²) in [6, 6.07) is 4.09. The molecule has 5 nitrogen and oxygen atoms in total. The number of benzene rings is 1. The first kappa shape index (κ1) is 11.5. The summed E-state index contributed by atoms with van der Waals surface area (Å²) in [5, 5.41) is 0.633. The third kappa shape index (κ3) is 1.99. The molecule has 0 amide bonds. The highest BCUT2D eigenvalue weighted by Gasteiger charge is 2.11. The highest BCUT2D eigenvalue weighted by atomic mass is 32.2. The monoisotopic (exact) mass is 251 g/mol. The van der Waals surface area contributed by atoms with E-state index >= 15 is 0 Å². The van der Waals surface area contributed by atoms with Gasteiger partial charge in [-0.1, -0.05) is 0 Å². The molecular formula is C11H9NO4S. The number of sulfone groups is 1. The minimum absolute atomic E-state index is 0.0821. The molecule has 0 saturated heterocycles. The maximum absolute atomic E-state index is 11.5. The van der Waals surface area contributed by atoms with Crippen LogP contribution in [0.3, 0.4) is 0 Å². The average Bonchev–Trinajstić information content (AvgIpc) is 2.28. The Kier molecular flexibility index (Phi) is 2.59. The number of aromatic amines is 1. The van der Waals surface area contributed by atoms with Gasteiger partial charge in [0.15, 0.2) is 16.1 Å². The van der Waals surface area contributed by atoms with Crippen LogP contribution in [0.4, 0.5) is 0 Å². The molecule has 88 valence electrons. The first-order valence-corrected chi connectivity index (χ1v) is 6.63. The molecule has 0 saturated carbocycles. The first-order chi connectivity index (χ1) is 7.93. The number of pyridine rings is 1. The molecule has 1 aromatic heterocycles. The second-order valence-corrected chi connectivity index (χ2v) is 5.69. The molecule has 1 aromatic carbocycles. The predicted octanol–water partition coefficient (Wildman–Crippen LogP) is 0.744. The molecule has 1 heterocycles. The van der Waals surface area contributed by atoms with E-state index in [1.54, 1.807) is 0 Å². The second-order valence-electron chi connectivity index (χ2n) is 3.67. The van der Waals surface area contributed by atoms with Crippen LogP contribution in [0.15, 0.2) is 34.1 Å². The van der Waals surface area contributed by atoms with Crippen molar-refractivity contribution in [1.29, 1.82) is 0 Å². The predicted molar refractivity (Wildman–Crippen MR) is 63.1 cm³/mol. The maximum Gasteiger partial charge on any atom is 0.255 e. The molecule has 0 atom stereocenters. The van der Waals surface area contributed by atoms with Crippen LogP contribution < -0.4 is 5.56 Å². The van der Waals surface area contributed by atoms with Gasteiger partial charge in [0, 0.05) is 28.8 Å². The highest BCUT2D eigenvalue weighted by molar-refractivity contribution is 7.90. The smallest absolute Gasteiger partial charge is 0.255 e. The van der Waals surface area contributed by atoms with Crippen molar-refractivity contribution in [2.45, 2.75) is 4.90 Å². The van der Waals surface area contributed by atoms with E-state index in [9.17, 15) is 18.0 Å². The molecule has 2 rings (SSSR count). The van der Waals surface area contributed by atoms with Crippen molar-refractivity contribution in [3.8, 4) is 0 Å². The van der Waals surface area contributed by atoms with E-state index in [1.165, 1.54) is 24.4 Å². The number of rotatable bonds is 2. The summed E-state index contributed by atoms with van der Waals surface area (Å²) in [5.41, 5.74) is -0.101. The summed E-state index contributed by atoms with van der Waals surface area (Å²) in [6.45, 7) is 0. The fraction of sp³-hybridized carbons (Fsp3) is 0.0909. The van der Waals surface area contributed by atoms with Gasteiger partial charge in [0.2, 0.25) is 0 Å². The summed E-state index contributed by atoms with van der Waals surface area (Å²) in [5.74, 6) is 0. The summed E-state index contributed by atoms with van der Waals surface area (Å²) >= 11 is 0. The number of aldehydes is 1. The SMILES string of the molecule is CS(=O)(=O)c1ccc2c(=O)[nH]cc(C=O)c2c1. The first-order valence-electron chi connectivity index (χ1n) is 4.74. The molecule has 1 N–H and O–H groups in total. The van der Waals surface area contributed by atoms with Crippen molar-refractivity contribution in [2.75, 3.05) is 6.26 Å². The van der Waals surface area contributed by atoms with Gasteiger partial charge in [-0.3, -0.25) is 9.59 Å².